The molecule has 3 aromatic carbocycles. The van der Waals surface area contributed by atoms with E-state index in [1.807, 2.05) is 0 Å². The molecule has 5 rings (SSSR count). The van der Waals surface area contributed by atoms with Gasteiger partial charge in [0.25, 0.3) is 15.6 Å². The fourth-order valence-electron chi connectivity index (χ4n) is 4.45. The molecule has 0 amide bonds. The van der Waals surface area contributed by atoms with Gasteiger partial charge in [-0.25, -0.2) is 17.1 Å². The average Bonchev–Trinajstić information content (AvgIpc) is 3.18. The largest absolute Gasteiger partial charge is 0.291 e. The van der Waals surface area contributed by atoms with Crippen molar-refractivity contribution in [1.29, 1.82) is 0 Å². The molecule has 34 heavy (non-hydrogen) atoms. The smallest absolute Gasteiger partial charge is 0.269 e. The molecule has 0 unspecified atom stereocenters. The van der Waals surface area contributed by atoms with Gasteiger partial charge in [-0.15, -0.1) is 0 Å². The van der Waals surface area contributed by atoms with E-state index in [0.717, 1.165) is 10.4 Å². The Labute approximate surface area is 205 Å². The lowest BCUT2D eigenvalue weighted by atomic mass is 9.83. The quantitative estimate of drug-likeness (QED) is 0.364. The first-order valence-corrected chi connectivity index (χ1v) is 12.5. The highest BCUT2D eigenvalue weighted by Crippen LogP contribution is 2.48. The average molecular weight is 515 g/mol. The minimum atomic E-state index is -4.49. The predicted octanol–water partition coefficient (Wildman–Crippen LogP) is 5.45. The minimum Gasteiger partial charge on any atom is -0.291 e. The molecular weight excluding hydrogens is 498 g/mol. The molecule has 0 bridgehead atoms. The highest BCUT2D eigenvalue weighted by molar-refractivity contribution is 7.93. The first kappa shape index (κ1) is 22.7. The summed E-state index contributed by atoms with van der Waals surface area (Å²) in [7, 11) is -4.49. The number of sulfonamides is 1. The Hall–Kier alpha value is -3.13. The van der Waals surface area contributed by atoms with Gasteiger partial charge in [0.1, 0.15) is 22.1 Å². The van der Waals surface area contributed by atoms with Crippen LogP contribution in [0.1, 0.15) is 11.1 Å². The molecule has 1 aromatic heterocycles. The number of hydrogen-bond acceptors (Lipinski definition) is 3. The fourth-order valence-corrected chi connectivity index (χ4v) is 6.55. The van der Waals surface area contributed by atoms with Crippen molar-refractivity contribution in [2.45, 2.75) is 17.0 Å². The van der Waals surface area contributed by atoms with Crippen LogP contribution in [0.3, 0.4) is 0 Å². The highest BCUT2D eigenvalue weighted by atomic mass is 35.5. The predicted molar refractivity (Wildman–Crippen MR) is 130 cm³/mol. The van der Waals surface area contributed by atoms with Gasteiger partial charge in [0.15, 0.2) is 0 Å². The Morgan fingerprint density at radius 1 is 0.765 bits per heavy atom. The summed E-state index contributed by atoms with van der Waals surface area (Å²) in [6, 6.07) is 23.0. The van der Waals surface area contributed by atoms with Crippen LogP contribution in [0.15, 0.2) is 101 Å². The SMILES string of the molecule is O=c1cccc2n1CC(c1ccc(Cl)cc1)(c1ccc(Cl)cc1)N2S(=O)(=O)c1ccccc1F. The van der Waals surface area contributed by atoms with Crippen molar-refractivity contribution in [2.75, 3.05) is 4.31 Å². The summed E-state index contributed by atoms with van der Waals surface area (Å²) >= 11 is 12.3. The number of benzene rings is 3. The van der Waals surface area contributed by atoms with Gasteiger partial charge in [0, 0.05) is 16.1 Å². The summed E-state index contributed by atoms with van der Waals surface area (Å²) < 4.78 is 45.6. The lowest BCUT2D eigenvalue weighted by Gasteiger charge is -2.39. The number of hydrogen-bond donors (Lipinski definition) is 0. The Balaban J connectivity index is 1.90. The van der Waals surface area contributed by atoms with Crippen LogP contribution in [0.4, 0.5) is 10.2 Å². The Morgan fingerprint density at radius 3 is 1.88 bits per heavy atom. The van der Waals surface area contributed by atoms with Gasteiger partial charge in [-0.3, -0.25) is 9.36 Å². The monoisotopic (exact) mass is 514 g/mol. The maximum absolute atomic E-state index is 14.8. The van der Waals surface area contributed by atoms with E-state index < -0.39 is 26.3 Å². The van der Waals surface area contributed by atoms with Crippen molar-refractivity contribution in [3.05, 3.63) is 128 Å². The molecule has 4 aromatic rings. The van der Waals surface area contributed by atoms with Gasteiger partial charge in [0.05, 0.1) is 6.54 Å². The van der Waals surface area contributed by atoms with Crippen molar-refractivity contribution in [1.82, 2.24) is 4.57 Å². The normalized spacial score (nSPS) is 14.7. The van der Waals surface area contributed by atoms with E-state index in [2.05, 4.69) is 0 Å². The van der Waals surface area contributed by atoms with Gasteiger partial charge in [-0.2, -0.15) is 0 Å². The third-order valence-corrected chi connectivity index (χ3v) is 8.34. The molecule has 1 aliphatic heterocycles. The number of pyridine rings is 1. The summed E-state index contributed by atoms with van der Waals surface area (Å²) in [4.78, 5) is 12.4. The summed E-state index contributed by atoms with van der Waals surface area (Å²) in [5, 5.41) is 0.928. The van der Waals surface area contributed by atoms with Crippen molar-refractivity contribution in [3.63, 3.8) is 0 Å². The van der Waals surface area contributed by atoms with E-state index in [9.17, 15) is 17.6 Å². The molecule has 0 spiro atoms. The Kier molecular flexibility index (Phi) is 5.51. The van der Waals surface area contributed by atoms with Gasteiger partial charge in [-0.05, 0) is 53.6 Å². The summed E-state index contributed by atoms with van der Waals surface area (Å²) in [6.07, 6.45) is 0. The fraction of sp³-hybridized carbons (Fsp3) is 0.0800. The second-order valence-corrected chi connectivity index (χ2v) is 10.5. The Bertz CT molecular complexity index is 1510. The van der Waals surface area contributed by atoms with Crippen LogP contribution in [-0.2, 0) is 22.1 Å². The van der Waals surface area contributed by atoms with Crippen molar-refractivity contribution >= 4 is 39.0 Å². The molecule has 172 valence electrons. The third-order valence-electron chi connectivity index (χ3n) is 5.97. The summed E-state index contributed by atoms with van der Waals surface area (Å²) in [6.45, 7) is -0.0288. The zero-order valence-corrected chi connectivity index (χ0v) is 19.9. The molecule has 1 aliphatic rings. The lowest BCUT2D eigenvalue weighted by Crippen LogP contribution is -2.48. The van der Waals surface area contributed by atoms with Crippen LogP contribution in [0.2, 0.25) is 10.0 Å². The van der Waals surface area contributed by atoms with E-state index in [4.69, 9.17) is 23.2 Å². The molecule has 2 heterocycles. The van der Waals surface area contributed by atoms with Crippen LogP contribution in [-0.4, -0.2) is 13.0 Å². The van der Waals surface area contributed by atoms with Crippen molar-refractivity contribution in [2.24, 2.45) is 0 Å². The zero-order chi connectivity index (χ0) is 24.1. The van der Waals surface area contributed by atoms with Gasteiger partial charge < -0.3 is 0 Å². The first-order valence-electron chi connectivity index (χ1n) is 10.3. The van der Waals surface area contributed by atoms with Crippen LogP contribution in [0.5, 0.6) is 0 Å². The molecule has 5 nitrogen and oxygen atoms in total. The van der Waals surface area contributed by atoms with Gasteiger partial charge in [0.2, 0.25) is 0 Å². The second kappa shape index (κ2) is 8.27. The van der Waals surface area contributed by atoms with E-state index in [-0.39, 0.29) is 17.9 Å². The molecule has 0 saturated carbocycles. The standard InChI is InChI=1S/C25H17Cl2FN2O3S/c26-19-12-8-17(9-13-19)25(18-10-14-20(27)15-11-18)16-29-23(6-3-7-24(29)31)30(25)34(32,33)22-5-2-1-4-21(22)28/h1-15H,16H2. The van der Waals surface area contributed by atoms with Crippen LogP contribution < -0.4 is 9.86 Å². The van der Waals surface area contributed by atoms with E-state index in [1.54, 1.807) is 48.5 Å². The molecule has 0 N–H and O–H groups in total. The van der Waals surface area contributed by atoms with E-state index in [1.165, 1.54) is 41.0 Å². The Morgan fingerprint density at radius 2 is 1.32 bits per heavy atom. The maximum Gasteiger partial charge on any atom is 0.269 e. The van der Waals surface area contributed by atoms with Crippen LogP contribution in [0.25, 0.3) is 0 Å². The number of aromatic nitrogens is 1. The van der Waals surface area contributed by atoms with Gasteiger partial charge in [-0.1, -0.05) is 65.7 Å². The first-order chi connectivity index (χ1) is 16.2. The molecule has 9 heteroatoms. The summed E-state index contributed by atoms with van der Waals surface area (Å²) in [5.41, 5.74) is -0.676. The maximum atomic E-state index is 14.8. The molecule has 0 fully saturated rings. The van der Waals surface area contributed by atoms with E-state index >= 15 is 0 Å². The van der Waals surface area contributed by atoms with Gasteiger partial charge >= 0.3 is 0 Å². The summed E-state index contributed by atoms with van der Waals surface area (Å²) in [5.74, 6) is -0.763. The topological polar surface area (TPSA) is 59.4 Å². The van der Waals surface area contributed by atoms with Crippen molar-refractivity contribution in [3.8, 4) is 0 Å². The van der Waals surface area contributed by atoms with E-state index in [0.29, 0.717) is 21.2 Å². The van der Waals surface area contributed by atoms with Crippen molar-refractivity contribution < 1.29 is 12.8 Å². The third kappa shape index (κ3) is 3.43. The second-order valence-electron chi connectivity index (χ2n) is 7.88. The number of fused-ring (bicyclic) bond motifs is 1. The molecule has 0 saturated heterocycles. The lowest BCUT2D eigenvalue weighted by molar-refractivity contribution is 0.489. The van der Waals surface area contributed by atoms with Crippen LogP contribution >= 0.6 is 23.2 Å². The zero-order valence-electron chi connectivity index (χ0n) is 17.5. The number of anilines is 1. The van der Waals surface area contributed by atoms with Crippen LogP contribution in [0, 0.1) is 5.82 Å². The molecule has 0 radical (unpaired) electrons. The highest BCUT2D eigenvalue weighted by Gasteiger charge is 2.53. The molecule has 0 aliphatic carbocycles. The number of nitrogens with zero attached hydrogens (tertiary/aromatic N) is 2. The number of rotatable bonds is 4. The molecule has 0 atom stereocenters. The molecular formula is C25H17Cl2FN2O3S. The minimum absolute atomic E-state index is 0.0288. The number of halogens is 3.